The van der Waals surface area contributed by atoms with Gasteiger partial charge in [-0.1, -0.05) is 25.5 Å². The van der Waals surface area contributed by atoms with Crippen molar-refractivity contribution in [2.24, 2.45) is 5.73 Å². The summed E-state index contributed by atoms with van der Waals surface area (Å²) in [6, 6.07) is 0. The largest absolute Gasteiger partial charge is 0.480 e. The molecule has 64 valence electrons. The number of hydrogen-bond donors (Lipinski definition) is 2. The summed E-state index contributed by atoms with van der Waals surface area (Å²) in [4.78, 5) is 10.4. The highest BCUT2D eigenvalue weighted by Crippen LogP contribution is 2.02. The molecular formula is C8H15NO2. The van der Waals surface area contributed by atoms with E-state index in [0.29, 0.717) is 0 Å². The van der Waals surface area contributed by atoms with Gasteiger partial charge >= 0.3 is 5.97 Å². The molecule has 0 fully saturated rings. The third kappa shape index (κ3) is 3.78. The molecule has 0 saturated heterocycles. The summed E-state index contributed by atoms with van der Waals surface area (Å²) in [6.45, 7) is 3.50. The number of carbonyl (C=O) groups is 1. The van der Waals surface area contributed by atoms with Gasteiger partial charge in [-0.3, -0.25) is 0 Å². The SMILES string of the molecule is CCC/C=C/C(C)(N)C(=O)O. The number of rotatable bonds is 4. The molecule has 0 bridgehead atoms. The second-order valence-corrected chi connectivity index (χ2v) is 2.78. The minimum atomic E-state index is -1.21. The maximum Gasteiger partial charge on any atom is 0.327 e. The minimum Gasteiger partial charge on any atom is -0.480 e. The van der Waals surface area contributed by atoms with Crippen LogP contribution in [-0.2, 0) is 4.79 Å². The number of hydrogen-bond acceptors (Lipinski definition) is 2. The van der Waals surface area contributed by atoms with Gasteiger partial charge in [-0.05, 0) is 13.3 Å². The summed E-state index contributed by atoms with van der Waals surface area (Å²) in [5, 5.41) is 8.56. The predicted molar refractivity (Wildman–Crippen MR) is 44.3 cm³/mol. The predicted octanol–water partition coefficient (Wildman–Crippen LogP) is 1.14. The summed E-state index contributed by atoms with van der Waals surface area (Å²) >= 11 is 0. The molecule has 1 unspecified atom stereocenters. The van der Waals surface area contributed by atoms with Crippen molar-refractivity contribution in [2.75, 3.05) is 0 Å². The summed E-state index contributed by atoms with van der Waals surface area (Å²) in [7, 11) is 0. The fraction of sp³-hybridized carbons (Fsp3) is 0.625. The van der Waals surface area contributed by atoms with Crippen LogP contribution < -0.4 is 5.73 Å². The average Bonchev–Trinajstić information content (AvgIpc) is 1.88. The van der Waals surface area contributed by atoms with Crippen molar-refractivity contribution in [1.29, 1.82) is 0 Å². The summed E-state index contributed by atoms with van der Waals surface area (Å²) in [6.07, 6.45) is 5.21. The van der Waals surface area contributed by atoms with E-state index in [1.807, 2.05) is 6.92 Å². The van der Waals surface area contributed by atoms with E-state index in [9.17, 15) is 4.79 Å². The lowest BCUT2D eigenvalue weighted by molar-refractivity contribution is -0.140. The fourth-order valence-electron chi connectivity index (χ4n) is 0.566. The van der Waals surface area contributed by atoms with Gasteiger partial charge in [-0.2, -0.15) is 0 Å². The quantitative estimate of drug-likeness (QED) is 0.601. The van der Waals surface area contributed by atoms with Crippen molar-refractivity contribution in [3.8, 4) is 0 Å². The van der Waals surface area contributed by atoms with Crippen LogP contribution in [0.5, 0.6) is 0 Å². The molecule has 0 aromatic carbocycles. The molecule has 0 heterocycles. The molecular weight excluding hydrogens is 142 g/mol. The van der Waals surface area contributed by atoms with Gasteiger partial charge in [0.25, 0.3) is 0 Å². The van der Waals surface area contributed by atoms with Gasteiger partial charge in [0, 0.05) is 0 Å². The van der Waals surface area contributed by atoms with Crippen molar-refractivity contribution in [3.05, 3.63) is 12.2 Å². The molecule has 3 nitrogen and oxygen atoms in total. The Morgan fingerprint density at radius 3 is 2.64 bits per heavy atom. The Morgan fingerprint density at radius 1 is 1.73 bits per heavy atom. The van der Waals surface area contributed by atoms with Crippen molar-refractivity contribution in [1.82, 2.24) is 0 Å². The topological polar surface area (TPSA) is 63.3 Å². The Kier molecular flexibility index (Phi) is 3.82. The van der Waals surface area contributed by atoms with E-state index in [-0.39, 0.29) is 0 Å². The average molecular weight is 157 g/mol. The van der Waals surface area contributed by atoms with Crippen LogP contribution in [0.2, 0.25) is 0 Å². The van der Waals surface area contributed by atoms with Crippen LogP contribution in [0.15, 0.2) is 12.2 Å². The minimum absolute atomic E-state index is 0.875. The Bertz CT molecular complexity index is 161. The lowest BCUT2D eigenvalue weighted by Crippen LogP contribution is -2.42. The molecule has 0 amide bonds. The number of carboxylic acid groups (broad SMARTS) is 1. The van der Waals surface area contributed by atoms with E-state index in [1.165, 1.54) is 13.0 Å². The molecule has 0 aliphatic rings. The number of nitrogens with two attached hydrogens (primary N) is 1. The van der Waals surface area contributed by atoms with E-state index < -0.39 is 11.5 Å². The number of unbranched alkanes of at least 4 members (excludes halogenated alkanes) is 1. The molecule has 0 radical (unpaired) electrons. The summed E-state index contributed by atoms with van der Waals surface area (Å²) in [5.41, 5.74) is 4.20. The number of aliphatic carboxylic acids is 1. The van der Waals surface area contributed by atoms with E-state index >= 15 is 0 Å². The van der Waals surface area contributed by atoms with Gasteiger partial charge in [-0.15, -0.1) is 0 Å². The molecule has 11 heavy (non-hydrogen) atoms. The Balaban J connectivity index is 4.00. The summed E-state index contributed by atoms with van der Waals surface area (Å²) < 4.78 is 0. The smallest absolute Gasteiger partial charge is 0.327 e. The monoisotopic (exact) mass is 157 g/mol. The zero-order chi connectivity index (χ0) is 8.91. The molecule has 0 rings (SSSR count). The first-order valence-corrected chi connectivity index (χ1v) is 3.70. The molecule has 3 N–H and O–H groups in total. The van der Waals surface area contributed by atoms with E-state index in [2.05, 4.69) is 0 Å². The van der Waals surface area contributed by atoms with Crippen molar-refractivity contribution in [3.63, 3.8) is 0 Å². The molecule has 0 aromatic heterocycles. The van der Waals surface area contributed by atoms with Gasteiger partial charge in [0.2, 0.25) is 0 Å². The lowest BCUT2D eigenvalue weighted by Gasteiger charge is -2.12. The molecule has 0 saturated carbocycles. The van der Waals surface area contributed by atoms with Crippen molar-refractivity contribution < 1.29 is 9.90 Å². The van der Waals surface area contributed by atoms with Crippen molar-refractivity contribution in [2.45, 2.75) is 32.2 Å². The highest BCUT2D eigenvalue weighted by molar-refractivity contribution is 5.80. The Hall–Kier alpha value is -0.830. The standard InChI is InChI=1S/C8H15NO2/c1-3-4-5-6-8(2,9)7(10)11/h5-6H,3-4,9H2,1-2H3,(H,10,11)/b6-5+. The Morgan fingerprint density at radius 2 is 2.27 bits per heavy atom. The third-order valence-corrected chi connectivity index (χ3v) is 1.38. The van der Waals surface area contributed by atoms with Crippen LogP contribution in [0.3, 0.4) is 0 Å². The second-order valence-electron chi connectivity index (χ2n) is 2.78. The maximum absolute atomic E-state index is 10.4. The van der Waals surface area contributed by atoms with E-state index in [4.69, 9.17) is 10.8 Å². The van der Waals surface area contributed by atoms with Crippen LogP contribution in [0.4, 0.5) is 0 Å². The molecule has 3 heteroatoms. The molecule has 1 atom stereocenters. The van der Waals surface area contributed by atoms with Gasteiger partial charge < -0.3 is 10.8 Å². The van der Waals surface area contributed by atoms with Gasteiger partial charge in [0.1, 0.15) is 5.54 Å². The second kappa shape index (κ2) is 4.13. The summed E-state index contributed by atoms with van der Waals surface area (Å²) in [5.74, 6) is -0.996. The Labute approximate surface area is 66.9 Å². The zero-order valence-corrected chi connectivity index (χ0v) is 7.00. The number of carboxylic acids is 1. The highest BCUT2D eigenvalue weighted by atomic mass is 16.4. The lowest BCUT2D eigenvalue weighted by atomic mass is 10.0. The zero-order valence-electron chi connectivity index (χ0n) is 7.00. The first kappa shape index (κ1) is 10.2. The highest BCUT2D eigenvalue weighted by Gasteiger charge is 2.23. The fourth-order valence-corrected chi connectivity index (χ4v) is 0.566. The van der Waals surface area contributed by atoms with E-state index in [0.717, 1.165) is 12.8 Å². The van der Waals surface area contributed by atoms with Gasteiger partial charge in [0.05, 0.1) is 0 Å². The first-order chi connectivity index (χ1) is 5.00. The third-order valence-electron chi connectivity index (χ3n) is 1.38. The van der Waals surface area contributed by atoms with Gasteiger partial charge in [-0.25, -0.2) is 4.79 Å². The molecule has 0 spiro atoms. The van der Waals surface area contributed by atoms with Crippen LogP contribution in [0.25, 0.3) is 0 Å². The molecule has 0 aromatic rings. The first-order valence-electron chi connectivity index (χ1n) is 3.70. The van der Waals surface area contributed by atoms with Gasteiger partial charge in [0.15, 0.2) is 0 Å². The van der Waals surface area contributed by atoms with E-state index in [1.54, 1.807) is 6.08 Å². The maximum atomic E-state index is 10.4. The molecule has 0 aliphatic carbocycles. The van der Waals surface area contributed by atoms with Crippen LogP contribution in [0.1, 0.15) is 26.7 Å². The van der Waals surface area contributed by atoms with Crippen LogP contribution in [0, 0.1) is 0 Å². The number of allylic oxidation sites excluding steroid dienone is 1. The van der Waals surface area contributed by atoms with Crippen LogP contribution in [-0.4, -0.2) is 16.6 Å². The van der Waals surface area contributed by atoms with Crippen LogP contribution >= 0.6 is 0 Å². The van der Waals surface area contributed by atoms with Crippen molar-refractivity contribution >= 4 is 5.97 Å². The normalized spacial score (nSPS) is 16.6. The molecule has 0 aliphatic heterocycles.